The van der Waals surface area contributed by atoms with E-state index in [0.29, 0.717) is 6.54 Å². The first-order chi connectivity index (χ1) is 10.1. The Morgan fingerprint density at radius 2 is 2.00 bits per heavy atom. The summed E-state index contributed by atoms with van der Waals surface area (Å²) in [7, 11) is 3.41. The number of ether oxygens (including phenoxy) is 1. The van der Waals surface area contributed by atoms with Gasteiger partial charge in [0.05, 0.1) is 19.8 Å². The van der Waals surface area contributed by atoms with Crippen molar-refractivity contribution < 1.29 is 14.6 Å². The largest absolute Gasteiger partial charge is 0.496 e. The molecule has 0 saturated heterocycles. The standard InChI is InChI=1S/C16H24N2O3/c1-18(11-12-5-3-4-6-15(12)21-2)16(20)17-13-7-9-14(19)10-8-13/h3-6,13-14,19H,7-11H2,1-2H3,(H,17,20). The van der Waals surface area contributed by atoms with Crippen LogP contribution in [0.4, 0.5) is 4.79 Å². The summed E-state index contributed by atoms with van der Waals surface area (Å²) >= 11 is 0. The molecule has 0 aromatic heterocycles. The first-order valence-corrected chi connectivity index (χ1v) is 7.41. The highest BCUT2D eigenvalue weighted by atomic mass is 16.5. The molecule has 0 bridgehead atoms. The molecule has 0 aliphatic heterocycles. The van der Waals surface area contributed by atoms with Gasteiger partial charge in [-0.25, -0.2) is 4.79 Å². The van der Waals surface area contributed by atoms with Crippen molar-refractivity contribution in [1.82, 2.24) is 10.2 Å². The van der Waals surface area contributed by atoms with Crippen LogP contribution < -0.4 is 10.1 Å². The topological polar surface area (TPSA) is 61.8 Å². The van der Waals surface area contributed by atoms with Gasteiger partial charge in [0.15, 0.2) is 0 Å². The Morgan fingerprint density at radius 1 is 1.33 bits per heavy atom. The number of hydrogen-bond donors (Lipinski definition) is 2. The smallest absolute Gasteiger partial charge is 0.317 e. The van der Waals surface area contributed by atoms with Crippen molar-refractivity contribution in [2.24, 2.45) is 0 Å². The van der Waals surface area contributed by atoms with Crippen LogP contribution in [0.3, 0.4) is 0 Å². The van der Waals surface area contributed by atoms with E-state index in [9.17, 15) is 9.90 Å². The zero-order valence-corrected chi connectivity index (χ0v) is 12.7. The summed E-state index contributed by atoms with van der Waals surface area (Å²) in [6, 6.07) is 7.79. The molecule has 2 rings (SSSR count). The number of aliphatic hydroxyl groups excluding tert-OH is 1. The second kappa shape index (κ2) is 7.31. The first kappa shape index (κ1) is 15.6. The molecule has 1 aromatic rings. The maximum atomic E-state index is 12.2. The number of carbonyl (C=O) groups excluding carboxylic acids is 1. The van der Waals surface area contributed by atoms with Crippen LogP contribution in [0, 0.1) is 0 Å². The zero-order valence-electron chi connectivity index (χ0n) is 12.7. The average molecular weight is 292 g/mol. The summed E-state index contributed by atoms with van der Waals surface area (Å²) in [5.74, 6) is 0.790. The van der Waals surface area contributed by atoms with Crippen LogP contribution in [0.25, 0.3) is 0 Å². The highest BCUT2D eigenvalue weighted by Crippen LogP contribution is 2.20. The van der Waals surface area contributed by atoms with Crippen molar-refractivity contribution in [2.75, 3.05) is 14.2 Å². The second-order valence-electron chi connectivity index (χ2n) is 5.62. The molecule has 1 fully saturated rings. The van der Waals surface area contributed by atoms with Crippen LogP contribution in [-0.2, 0) is 6.54 Å². The SMILES string of the molecule is COc1ccccc1CN(C)C(=O)NC1CCC(O)CC1. The number of amides is 2. The van der Waals surface area contributed by atoms with E-state index in [1.807, 2.05) is 24.3 Å². The van der Waals surface area contributed by atoms with Crippen LogP contribution >= 0.6 is 0 Å². The lowest BCUT2D eigenvalue weighted by Crippen LogP contribution is -2.44. The third-order valence-corrected chi connectivity index (χ3v) is 3.97. The molecular formula is C16H24N2O3. The number of benzene rings is 1. The predicted molar refractivity (Wildman–Crippen MR) is 81.3 cm³/mol. The van der Waals surface area contributed by atoms with E-state index in [0.717, 1.165) is 37.0 Å². The molecule has 5 nitrogen and oxygen atoms in total. The van der Waals surface area contributed by atoms with Crippen LogP contribution in [0.2, 0.25) is 0 Å². The normalized spacial score (nSPS) is 21.7. The van der Waals surface area contributed by atoms with Crippen LogP contribution in [0.5, 0.6) is 5.75 Å². The summed E-state index contributed by atoms with van der Waals surface area (Å²) in [6.07, 6.45) is 3.01. The van der Waals surface area contributed by atoms with Crippen molar-refractivity contribution in [2.45, 2.75) is 44.4 Å². The van der Waals surface area contributed by atoms with Gasteiger partial charge in [0, 0.05) is 18.7 Å². The van der Waals surface area contributed by atoms with Gasteiger partial charge >= 0.3 is 6.03 Å². The van der Waals surface area contributed by atoms with E-state index in [2.05, 4.69) is 5.32 Å². The third-order valence-electron chi connectivity index (χ3n) is 3.97. The molecule has 0 heterocycles. The molecule has 1 saturated carbocycles. The molecular weight excluding hydrogens is 268 g/mol. The van der Waals surface area contributed by atoms with Gasteiger partial charge in [0.25, 0.3) is 0 Å². The highest BCUT2D eigenvalue weighted by Gasteiger charge is 2.22. The summed E-state index contributed by atoms with van der Waals surface area (Å²) in [4.78, 5) is 13.9. The number of hydrogen-bond acceptors (Lipinski definition) is 3. The second-order valence-corrected chi connectivity index (χ2v) is 5.62. The van der Waals surface area contributed by atoms with Gasteiger partial charge in [-0.05, 0) is 31.7 Å². The monoisotopic (exact) mass is 292 g/mol. The minimum absolute atomic E-state index is 0.0812. The van der Waals surface area contributed by atoms with E-state index in [-0.39, 0.29) is 18.2 Å². The maximum absolute atomic E-state index is 12.2. The van der Waals surface area contributed by atoms with Crippen LogP contribution in [0.15, 0.2) is 24.3 Å². The Kier molecular flexibility index (Phi) is 5.44. The van der Waals surface area contributed by atoms with Gasteiger partial charge in [0.1, 0.15) is 5.75 Å². The fourth-order valence-corrected chi connectivity index (χ4v) is 2.67. The summed E-state index contributed by atoms with van der Waals surface area (Å²) in [5.41, 5.74) is 0.983. The summed E-state index contributed by atoms with van der Waals surface area (Å²) in [6.45, 7) is 0.505. The van der Waals surface area contributed by atoms with Gasteiger partial charge < -0.3 is 20.1 Å². The molecule has 0 radical (unpaired) electrons. The number of para-hydroxylation sites is 1. The Labute approximate surface area is 125 Å². The Hall–Kier alpha value is -1.75. The lowest BCUT2D eigenvalue weighted by molar-refractivity contribution is 0.115. The molecule has 116 valence electrons. The van der Waals surface area contributed by atoms with Crippen molar-refractivity contribution in [3.05, 3.63) is 29.8 Å². The number of nitrogens with zero attached hydrogens (tertiary/aromatic N) is 1. The lowest BCUT2D eigenvalue weighted by Gasteiger charge is -2.28. The summed E-state index contributed by atoms with van der Waals surface area (Å²) < 4.78 is 5.30. The fourth-order valence-electron chi connectivity index (χ4n) is 2.67. The molecule has 0 spiro atoms. The zero-order chi connectivity index (χ0) is 15.2. The van der Waals surface area contributed by atoms with Gasteiger partial charge in [0.2, 0.25) is 0 Å². The van der Waals surface area contributed by atoms with Gasteiger partial charge in [-0.15, -0.1) is 0 Å². The molecule has 5 heteroatoms. The lowest BCUT2D eigenvalue weighted by atomic mass is 9.93. The molecule has 2 N–H and O–H groups in total. The number of rotatable bonds is 4. The van der Waals surface area contributed by atoms with E-state index in [1.54, 1.807) is 19.1 Å². The van der Waals surface area contributed by atoms with Crippen molar-refractivity contribution in [3.8, 4) is 5.75 Å². The van der Waals surface area contributed by atoms with E-state index in [1.165, 1.54) is 0 Å². The Morgan fingerprint density at radius 3 is 2.67 bits per heavy atom. The Balaban J connectivity index is 1.87. The van der Waals surface area contributed by atoms with Crippen molar-refractivity contribution >= 4 is 6.03 Å². The van der Waals surface area contributed by atoms with Crippen LogP contribution in [-0.4, -0.2) is 42.3 Å². The average Bonchev–Trinajstić information content (AvgIpc) is 2.50. The van der Waals surface area contributed by atoms with Gasteiger partial charge in [-0.3, -0.25) is 0 Å². The number of nitrogens with one attached hydrogen (secondary N) is 1. The van der Waals surface area contributed by atoms with Gasteiger partial charge in [-0.1, -0.05) is 18.2 Å². The molecule has 0 unspecified atom stereocenters. The number of methoxy groups -OCH3 is 1. The third kappa shape index (κ3) is 4.36. The van der Waals surface area contributed by atoms with E-state index < -0.39 is 0 Å². The minimum Gasteiger partial charge on any atom is -0.496 e. The molecule has 1 aliphatic carbocycles. The predicted octanol–water partition coefficient (Wildman–Crippen LogP) is 2.14. The van der Waals surface area contributed by atoms with Crippen molar-refractivity contribution in [3.63, 3.8) is 0 Å². The van der Waals surface area contributed by atoms with Crippen LogP contribution in [0.1, 0.15) is 31.2 Å². The minimum atomic E-state index is -0.204. The number of urea groups is 1. The quantitative estimate of drug-likeness (QED) is 0.894. The number of carbonyl (C=O) groups is 1. The Bertz CT molecular complexity index is 470. The fraction of sp³-hybridized carbons (Fsp3) is 0.562. The summed E-state index contributed by atoms with van der Waals surface area (Å²) in [5, 5.41) is 12.5. The molecule has 2 amide bonds. The van der Waals surface area contributed by atoms with E-state index >= 15 is 0 Å². The molecule has 21 heavy (non-hydrogen) atoms. The first-order valence-electron chi connectivity index (χ1n) is 7.41. The van der Waals surface area contributed by atoms with Crippen molar-refractivity contribution in [1.29, 1.82) is 0 Å². The number of aliphatic hydroxyl groups is 1. The highest BCUT2D eigenvalue weighted by molar-refractivity contribution is 5.74. The molecule has 1 aromatic carbocycles. The van der Waals surface area contributed by atoms with E-state index in [4.69, 9.17) is 4.74 Å². The maximum Gasteiger partial charge on any atom is 0.317 e. The molecule has 0 atom stereocenters. The molecule has 1 aliphatic rings. The van der Waals surface area contributed by atoms with Gasteiger partial charge in [-0.2, -0.15) is 0 Å².